The summed E-state index contributed by atoms with van der Waals surface area (Å²) in [4.78, 5) is 47.2. The molecule has 0 spiro atoms. The van der Waals surface area contributed by atoms with Crippen molar-refractivity contribution in [3.05, 3.63) is 35.9 Å². The van der Waals surface area contributed by atoms with Crippen LogP contribution in [0, 0.1) is 0 Å². The van der Waals surface area contributed by atoms with Crippen LogP contribution in [0.1, 0.15) is 18.9 Å². The summed E-state index contributed by atoms with van der Waals surface area (Å²) >= 11 is 0. The van der Waals surface area contributed by atoms with Gasteiger partial charge in [-0.1, -0.05) is 12.1 Å². The SMILES string of the molecule is COC(=O)CC(NC(=O)C(C)NC(=O)/C=C/c1ccc(OC)cc1)C(=O)OC. The van der Waals surface area contributed by atoms with Crippen molar-refractivity contribution in [3.63, 3.8) is 0 Å². The molecule has 2 amide bonds. The fourth-order valence-corrected chi connectivity index (χ4v) is 2.10. The molecule has 9 heteroatoms. The van der Waals surface area contributed by atoms with Gasteiger partial charge in [0.25, 0.3) is 0 Å². The van der Waals surface area contributed by atoms with E-state index in [2.05, 4.69) is 20.1 Å². The highest BCUT2D eigenvalue weighted by Gasteiger charge is 2.27. The van der Waals surface area contributed by atoms with Crippen molar-refractivity contribution in [3.8, 4) is 5.75 Å². The average molecular weight is 392 g/mol. The second-order valence-corrected chi connectivity index (χ2v) is 5.70. The summed E-state index contributed by atoms with van der Waals surface area (Å²) in [6.45, 7) is 1.45. The monoisotopic (exact) mass is 392 g/mol. The Kier molecular flexibility index (Phi) is 9.21. The number of carbonyl (C=O) groups is 4. The summed E-state index contributed by atoms with van der Waals surface area (Å²) in [6.07, 6.45) is 2.47. The zero-order valence-electron chi connectivity index (χ0n) is 16.2. The second kappa shape index (κ2) is 11.4. The minimum atomic E-state index is -1.21. The van der Waals surface area contributed by atoms with E-state index < -0.39 is 35.8 Å². The Morgan fingerprint density at radius 2 is 1.64 bits per heavy atom. The van der Waals surface area contributed by atoms with Gasteiger partial charge in [-0.15, -0.1) is 0 Å². The summed E-state index contributed by atoms with van der Waals surface area (Å²) in [5, 5.41) is 4.83. The smallest absolute Gasteiger partial charge is 0.328 e. The van der Waals surface area contributed by atoms with E-state index in [1.807, 2.05) is 0 Å². The average Bonchev–Trinajstić information content (AvgIpc) is 2.71. The summed E-state index contributed by atoms with van der Waals surface area (Å²) in [7, 11) is 3.85. The van der Waals surface area contributed by atoms with E-state index in [1.165, 1.54) is 13.0 Å². The van der Waals surface area contributed by atoms with E-state index in [0.717, 1.165) is 19.8 Å². The van der Waals surface area contributed by atoms with Crippen LogP contribution in [0.2, 0.25) is 0 Å². The molecule has 9 nitrogen and oxygen atoms in total. The maximum atomic E-state index is 12.2. The van der Waals surface area contributed by atoms with Gasteiger partial charge in [0.1, 0.15) is 17.8 Å². The van der Waals surface area contributed by atoms with Crippen LogP contribution in [-0.2, 0) is 28.7 Å². The first-order valence-electron chi connectivity index (χ1n) is 8.38. The molecule has 0 heterocycles. The van der Waals surface area contributed by atoms with Gasteiger partial charge in [0, 0.05) is 6.08 Å². The number of hydrogen-bond donors (Lipinski definition) is 2. The molecule has 1 aromatic rings. The lowest BCUT2D eigenvalue weighted by Gasteiger charge is -2.18. The molecule has 1 rings (SSSR count). The molecule has 0 saturated heterocycles. The topological polar surface area (TPSA) is 120 Å². The van der Waals surface area contributed by atoms with Gasteiger partial charge in [0.15, 0.2) is 0 Å². The third-order valence-corrected chi connectivity index (χ3v) is 3.70. The Bertz CT molecular complexity index is 728. The van der Waals surface area contributed by atoms with Crippen LogP contribution in [-0.4, -0.2) is 57.2 Å². The van der Waals surface area contributed by atoms with Gasteiger partial charge in [-0.2, -0.15) is 0 Å². The first-order valence-corrected chi connectivity index (χ1v) is 8.38. The number of carbonyl (C=O) groups excluding carboxylic acids is 4. The van der Waals surface area contributed by atoms with E-state index in [-0.39, 0.29) is 6.42 Å². The van der Waals surface area contributed by atoms with E-state index in [9.17, 15) is 19.2 Å². The van der Waals surface area contributed by atoms with Crippen molar-refractivity contribution in [2.24, 2.45) is 0 Å². The number of hydrogen-bond acceptors (Lipinski definition) is 7. The molecule has 0 radical (unpaired) electrons. The standard InChI is InChI=1S/C19H24N2O7/c1-12(18(24)21-15(19(25)28-4)11-17(23)27-3)20-16(22)10-7-13-5-8-14(26-2)9-6-13/h5-10,12,15H,11H2,1-4H3,(H,20,22)(H,21,24)/b10-7+. The highest BCUT2D eigenvalue weighted by Crippen LogP contribution is 2.12. The molecule has 1 aromatic carbocycles. The molecule has 2 N–H and O–H groups in total. The Hall–Kier alpha value is -3.36. The number of rotatable bonds is 9. The van der Waals surface area contributed by atoms with Gasteiger partial charge in [-0.05, 0) is 30.7 Å². The van der Waals surface area contributed by atoms with Gasteiger partial charge in [-0.25, -0.2) is 4.79 Å². The molecular weight excluding hydrogens is 368 g/mol. The second-order valence-electron chi connectivity index (χ2n) is 5.70. The van der Waals surface area contributed by atoms with Crippen molar-refractivity contribution >= 4 is 29.8 Å². The summed E-state index contributed by atoms with van der Waals surface area (Å²) < 4.78 is 14.1. The molecule has 0 aliphatic rings. The third-order valence-electron chi connectivity index (χ3n) is 3.70. The highest BCUT2D eigenvalue weighted by molar-refractivity contribution is 5.96. The van der Waals surface area contributed by atoms with Crippen LogP contribution < -0.4 is 15.4 Å². The minimum Gasteiger partial charge on any atom is -0.497 e. The third kappa shape index (κ3) is 7.48. The van der Waals surface area contributed by atoms with E-state index in [4.69, 9.17) is 4.74 Å². The molecule has 28 heavy (non-hydrogen) atoms. The fourth-order valence-electron chi connectivity index (χ4n) is 2.10. The molecule has 152 valence electrons. The Labute approximate surface area is 163 Å². The molecule has 0 fully saturated rings. The van der Waals surface area contributed by atoms with Crippen LogP contribution in [0.5, 0.6) is 5.75 Å². The summed E-state index contributed by atoms with van der Waals surface area (Å²) in [6, 6.07) is 4.89. The Balaban J connectivity index is 2.62. The number of esters is 2. The molecular formula is C19H24N2O7. The quantitative estimate of drug-likeness (QED) is 0.462. The van der Waals surface area contributed by atoms with E-state index in [1.54, 1.807) is 37.5 Å². The lowest BCUT2D eigenvalue weighted by atomic mass is 10.2. The molecule has 0 bridgehead atoms. The van der Waals surface area contributed by atoms with Crippen molar-refractivity contribution in [2.45, 2.75) is 25.4 Å². The van der Waals surface area contributed by atoms with Crippen molar-refractivity contribution in [1.82, 2.24) is 10.6 Å². The van der Waals surface area contributed by atoms with Crippen LogP contribution in [0.15, 0.2) is 30.3 Å². The minimum absolute atomic E-state index is 0.382. The Morgan fingerprint density at radius 3 is 2.18 bits per heavy atom. The molecule has 0 aromatic heterocycles. The van der Waals surface area contributed by atoms with Crippen LogP contribution in [0.3, 0.4) is 0 Å². The molecule has 2 unspecified atom stereocenters. The number of ether oxygens (including phenoxy) is 3. The molecule has 0 aliphatic carbocycles. The van der Waals surface area contributed by atoms with Crippen molar-refractivity contribution in [2.75, 3.05) is 21.3 Å². The maximum Gasteiger partial charge on any atom is 0.328 e. The number of methoxy groups -OCH3 is 3. The predicted octanol–water partition coefficient (Wildman–Crippen LogP) is 0.434. The predicted molar refractivity (Wildman–Crippen MR) is 100 cm³/mol. The lowest BCUT2D eigenvalue weighted by molar-refractivity contribution is -0.150. The van der Waals surface area contributed by atoms with E-state index >= 15 is 0 Å². The van der Waals surface area contributed by atoms with Crippen molar-refractivity contribution < 1.29 is 33.4 Å². The van der Waals surface area contributed by atoms with Crippen molar-refractivity contribution in [1.29, 1.82) is 0 Å². The zero-order chi connectivity index (χ0) is 21.1. The van der Waals surface area contributed by atoms with E-state index in [0.29, 0.717) is 5.75 Å². The number of benzene rings is 1. The van der Waals surface area contributed by atoms with Crippen LogP contribution in [0.25, 0.3) is 6.08 Å². The first-order chi connectivity index (χ1) is 13.3. The summed E-state index contributed by atoms with van der Waals surface area (Å²) in [5.41, 5.74) is 0.775. The molecule has 2 atom stereocenters. The van der Waals surface area contributed by atoms with Gasteiger partial charge in [0.05, 0.1) is 27.8 Å². The van der Waals surface area contributed by atoms with Gasteiger partial charge in [0.2, 0.25) is 11.8 Å². The van der Waals surface area contributed by atoms with Gasteiger partial charge < -0.3 is 24.8 Å². The fraction of sp³-hybridized carbons (Fsp3) is 0.368. The zero-order valence-corrected chi connectivity index (χ0v) is 16.2. The largest absolute Gasteiger partial charge is 0.497 e. The summed E-state index contributed by atoms with van der Waals surface area (Å²) in [5.74, 6) is -1.93. The highest BCUT2D eigenvalue weighted by atomic mass is 16.5. The normalized spacial score (nSPS) is 12.6. The van der Waals surface area contributed by atoms with Gasteiger partial charge >= 0.3 is 11.9 Å². The number of amides is 2. The lowest BCUT2D eigenvalue weighted by Crippen LogP contribution is -2.51. The first kappa shape index (κ1) is 22.7. The number of nitrogens with one attached hydrogen (secondary N) is 2. The molecule has 0 saturated carbocycles. The Morgan fingerprint density at radius 1 is 1.00 bits per heavy atom. The maximum absolute atomic E-state index is 12.2. The molecule has 0 aliphatic heterocycles. The van der Waals surface area contributed by atoms with Gasteiger partial charge in [-0.3, -0.25) is 14.4 Å². The van der Waals surface area contributed by atoms with Crippen LogP contribution in [0.4, 0.5) is 0 Å². The van der Waals surface area contributed by atoms with Crippen LogP contribution >= 0.6 is 0 Å².